The highest BCUT2D eigenvalue weighted by molar-refractivity contribution is 7.99. The second kappa shape index (κ2) is 9.79. The number of H-pyrrole nitrogens is 1. The summed E-state index contributed by atoms with van der Waals surface area (Å²) in [7, 11) is 0. The zero-order valence-electron chi connectivity index (χ0n) is 20.3. The van der Waals surface area contributed by atoms with Crippen molar-refractivity contribution in [1.82, 2.24) is 9.97 Å². The molecule has 2 aromatic heterocycles. The van der Waals surface area contributed by atoms with E-state index >= 15 is 0 Å². The Morgan fingerprint density at radius 3 is 2.81 bits per heavy atom. The van der Waals surface area contributed by atoms with E-state index in [2.05, 4.69) is 28.2 Å². The molecule has 0 spiro atoms. The van der Waals surface area contributed by atoms with Crippen molar-refractivity contribution in [3.63, 3.8) is 0 Å². The smallest absolute Gasteiger partial charge is 0.265 e. The van der Waals surface area contributed by atoms with Gasteiger partial charge >= 0.3 is 0 Å². The van der Waals surface area contributed by atoms with Crippen LogP contribution in [-0.4, -0.2) is 40.6 Å². The standard InChI is InChI=1S/C28H25N3O4S2/c1-2-31-21-12-19(9-10-23(21)35-13-24(31)33)22(32)15-37-28-29-26(34)25-20(14-36-27(25)30-28)18-8-7-16-5-3-4-6-17(16)11-18/h7-12,14H,2-6,13,15H2,1H3,(H,29,30,34). The number of thioether (sulfide) groups is 1. The number of hydrogen-bond acceptors (Lipinski definition) is 7. The van der Waals surface area contributed by atoms with Gasteiger partial charge in [0.15, 0.2) is 17.5 Å². The first-order valence-corrected chi connectivity index (χ1v) is 14.2. The molecule has 0 saturated heterocycles. The molecule has 0 fully saturated rings. The van der Waals surface area contributed by atoms with Crippen molar-refractivity contribution in [2.45, 2.75) is 37.8 Å². The van der Waals surface area contributed by atoms with Crippen LogP contribution in [0.1, 0.15) is 41.3 Å². The molecule has 2 aromatic carbocycles. The molecule has 6 rings (SSSR count). The lowest BCUT2D eigenvalue weighted by atomic mass is 9.89. The number of carbonyl (C=O) groups is 2. The van der Waals surface area contributed by atoms with E-state index in [0.29, 0.717) is 38.9 Å². The number of likely N-dealkylation sites (N-methyl/N-ethyl adjacent to an activating group) is 1. The van der Waals surface area contributed by atoms with Crippen LogP contribution in [0.15, 0.2) is 51.7 Å². The monoisotopic (exact) mass is 531 g/mol. The first-order chi connectivity index (χ1) is 18.0. The predicted molar refractivity (Wildman–Crippen MR) is 147 cm³/mol. The van der Waals surface area contributed by atoms with Crippen molar-refractivity contribution in [3.8, 4) is 16.9 Å². The maximum Gasteiger partial charge on any atom is 0.265 e. The maximum absolute atomic E-state index is 13.1. The number of Topliss-reactive ketones (excluding diaryl/α,β-unsaturated/α-hetero) is 1. The third kappa shape index (κ3) is 4.46. The zero-order chi connectivity index (χ0) is 25.5. The molecule has 4 aromatic rings. The van der Waals surface area contributed by atoms with Crippen LogP contribution in [0.3, 0.4) is 0 Å². The first-order valence-electron chi connectivity index (χ1n) is 12.4. The summed E-state index contributed by atoms with van der Waals surface area (Å²) in [5.74, 6) is 0.451. The van der Waals surface area contributed by atoms with E-state index < -0.39 is 0 Å². The fourth-order valence-corrected chi connectivity index (χ4v) is 6.81. The summed E-state index contributed by atoms with van der Waals surface area (Å²) in [6.45, 7) is 2.39. The Kier molecular flexibility index (Phi) is 6.34. The van der Waals surface area contributed by atoms with Gasteiger partial charge in [-0.25, -0.2) is 4.98 Å². The summed E-state index contributed by atoms with van der Waals surface area (Å²) in [6, 6.07) is 11.6. The average molecular weight is 532 g/mol. The molecule has 0 radical (unpaired) electrons. The molecule has 1 amide bonds. The van der Waals surface area contributed by atoms with Gasteiger partial charge in [-0.2, -0.15) is 0 Å². The van der Waals surface area contributed by atoms with E-state index in [1.807, 2.05) is 12.3 Å². The van der Waals surface area contributed by atoms with Gasteiger partial charge in [0, 0.05) is 23.1 Å². The number of hydrogen-bond donors (Lipinski definition) is 1. The van der Waals surface area contributed by atoms with Gasteiger partial charge in [-0.15, -0.1) is 11.3 Å². The average Bonchev–Trinajstić information content (AvgIpc) is 3.36. The number of anilines is 1. The number of carbonyl (C=O) groups excluding carboxylic acids is 2. The van der Waals surface area contributed by atoms with E-state index in [0.717, 1.165) is 24.0 Å². The quantitative estimate of drug-likeness (QED) is 0.208. The summed E-state index contributed by atoms with van der Waals surface area (Å²) in [5.41, 5.74) is 5.63. The van der Waals surface area contributed by atoms with Gasteiger partial charge in [0.2, 0.25) is 0 Å². The Morgan fingerprint density at radius 1 is 1.14 bits per heavy atom. The second-order valence-corrected chi connectivity index (χ2v) is 11.0. The minimum atomic E-state index is -0.197. The number of rotatable bonds is 6. The summed E-state index contributed by atoms with van der Waals surface area (Å²) in [6.07, 6.45) is 4.64. The minimum Gasteiger partial charge on any atom is -0.482 e. The maximum atomic E-state index is 13.1. The Bertz CT molecular complexity index is 1610. The minimum absolute atomic E-state index is 0.00238. The summed E-state index contributed by atoms with van der Waals surface area (Å²) >= 11 is 2.64. The molecule has 2 aliphatic rings. The fraction of sp³-hybridized carbons (Fsp3) is 0.286. The van der Waals surface area contributed by atoms with Crippen LogP contribution >= 0.6 is 23.1 Å². The zero-order valence-corrected chi connectivity index (χ0v) is 22.0. The number of aromatic nitrogens is 2. The molecule has 0 bridgehead atoms. The molecule has 1 aliphatic heterocycles. The number of benzene rings is 2. The van der Waals surface area contributed by atoms with Crippen molar-refractivity contribution in [1.29, 1.82) is 0 Å². The van der Waals surface area contributed by atoms with Crippen LogP contribution in [0.5, 0.6) is 5.75 Å². The number of aryl methyl sites for hydroxylation is 2. The molecule has 9 heteroatoms. The second-order valence-electron chi connectivity index (χ2n) is 9.21. The molecular weight excluding hydrogens is 506 g/mol. The molecule has 188 valence electrons. The normalized spacial score (nSPS) is 14.8. The van der Waals surface area contributed by atoms with Crippen LogP contribution in [0, 0.1) is 0 Å². The van der Waals surface area contributed by atoms with E-state index in [1.165, 1.54) is 47.1 Å². The van der Waals surface area contributed by atoms with Gasteiger partial charge in [0.1, 0.15) is 10.6 Å². The van der Waals surface area contributed by atoms with E-state index in [-0.39, 0.29) is 29.6 Å². The molecule has 1 N–H and O–H groups in total. The summed E-state index contributed by atoms with van der Waals surface area (Å²) < 4.78 is 5.49. The molecule has 7 nitrogen and oxygen atoms in total. The number of amides is 1. The molecule has 0 atom stereocenters. The molecule has 3 heterocycles. The Morgan fingerprint density at radius 2 is 1.97 bits per heavy atom. The van der Waals surface area contributed by atoms with E-state index in [4.69, 9.17) is 4.74 Å². The summed E-state index contributed by atoms with van der Waals surface area (Å²) in [4.78, 5) is 48.0. The van der Waals surface area contributed by atoms with Gasteiger partial charge in [0.25, 0.3) is 11.5 Å². The van der Waals surface area contributed by atoms with Crippen LogP contribution < -0.4 is 15.2 Å². The number of nitrogens with one attached hydrogen (secondary N) is 1. The van der Waals surface area contributed by atoms with Gasteiger partial charge in [-0.1, -0.05) is 30.0 Å². The third-order valence-corrected chi connectivity index (χ3v) is 8.71. The van der Waals surface area contributed by atoms with Crippen LogP contribution in [-0.2, 0) is 17.6 Å². The van der Waals surface area contributed by atoms with Crippen molar-refractivity contribution >= 4 is 50.7 Å². The third-order valence-electron chi connectivity index (χ3n) is 6.96. The van der Waals surface area contributed by atoms with E-state index in [1.54, 1.807) is 23.1 Å². The largest absolute Gasteiger partial charge is 0.482 e. The first kappa shape index (κ1) is 23.9. The molecule has 37 heavy (non-hydrogen) atoms. The van der Waals surface area contributed by atoms with Gasteiger partial charge < -0.3 is 14.6 Å². The molecule has 1 aliphatic carbocycles. The van der Waals surface area contributed by atoms with Crippen molar-refractivity contribution in [2.75, 3.05) is 23.8 Å². The highest BCUT2D eigenvalue weighted by Gasteiger charge is 2.25. The number of thiophene rings is 1. The van der Waals surface area contributed by atoms with Crippen molar-refractivity contribution in [3.05, 3.63) is 68.8 Å². The highest BCUT2D eigenvalue weighted by atomic mass is 32.2. The summed E-state index contributed by atoms with van der Waals surface area (Å²) in [5, 5.41) is 3.00. The number of fused-ring (bicyclic) bond motifs is 3. The predicted octanol–water partition coefficient (Wildman–Crippen LogP) is 5.25. The lowest BCUT2D eigenvalue weighted by Crippen LogP contribution is -2.38. The van der Waals surface area contributed by atoms with Gasteiger partial charge in [0.05, 0.1) is 16.8 Å². The highest BCUT2D eigenvalue weighted by Crippen LogP contribution is 2.35. The SMILES string of the molecule is CCN1C(=O)COc2ccc(C(=O)CSc3nc4scc(-c5ccc6c(c5)CCCC6)c4c(=O)[nH]3)cc21. The molecular formula is C28H25N3O4S2. The lowest BCUT2D eigenvalue weighted by Gasteiger charge is -2.28. The Hall–Kier alpha value is -3.43. The number of nitrogens with zero attached hydrogens (tertiary/aromatic N) is 2. The topological polar surface area (TPSA) is 92.4 Å². The van der Waals surface area contributed by atoms with Crippen LogP contribution in [0.4, 0.5) is 5.69 Å². The van der Waals surface area contributed by atoms with Crippen LogP contribution in [0.25, 0.3) is 21.3 Å². The fourth-order valence-electron chi connectivity index (χ4n) is 5.05. The number of ketones is 1. The van der Waals surface area contributed by atoms with Gasteiger partial charge in [-0.05, 0) is 67.5 Å². The Balaban J connectivity index is 1.22. The molecule has 0 unspecified atom stereocenters. The van der Waals surface area contributed by atoms with E-state index in [9.17, 15) is 14.4 Å². The Labute approximate surface area is 221 Å². The number of aromatic amines is 1. The van der Waals surface area contributed by atoms with Crippen molar-refractivity contribution < 1.29 is 14.3 Å². The van der Waals surface area contributed by atoms with Crippen LogP contribution in [0.2, 0.25) is 0 Å². The molecule has 0 saturated carbocycles. The van der Waals surface area contributed by atoms with Crippen molar-refractivity contribution in [2.24, 2.45) is 0 Å². The lowest BCUT2D eigenvalue weighted by molar-refractivity contribution is -0.121. The van der Waals surface area contributed by atoms with Gasteiger partial charge in [-0.3, -0.25) is 14.4 Å². The number of ether oxygens (including phenoxy) is 1.